The molecule has 1 aliphatic carbocycles. The maximum atomic E-state index is 13.3. The summed E-state index contributed by atoms with van der Waals surface area (Å²) < 4.78 is 5.23. The zero-order chi connectivity index (χ0) is 23.3. The van der Waals surface area contributed by atoms with Gasteiger partial charge in [0.25, 0.3) is 0 Å². The van der Waals surface area contributed by atoms with E-state index >= 15 is 0 Å². The third kappa shape index (κ3) is 6.19. The van der Waals surface area contributed by atoms with Gasteiger partial charge >= 0.3 is 0 Å². The van der Waals surface area contributed by atoms with Gasteiger partial charge in [0.05, 0.1) is 13.2 Å². The maximum Gasteiger partial charge on any atom is 0.223 e. The Kier molecular flexibility index (Phi) is 7.73. The molecule has 172 valence electrons. The molecular weight excluding hydrogens is 402 g/mol. The van der Waals surface area contributed by atoms with Gasteiger partial charge < -0.3 is 15.2 Å². The van der Waals surface area contributed by atoms with E-state index in [9.17, 15) is 14.7 Å². The Labute approximate surface area is 191 Å². The Bertz CT molecular complexity index is 904. The van der Waals surface area contributed by atoms with E-state index < -0.39 is 6.04 Å². The molecule has 0 spiro atoms. The van der Waals surface area contributed by atoms with Crippen LogP contribution in [-0.4, -0.2) is 30.0 Å². The molecule has 1 atom stereocenters. The van der Waals surface area contributed by atoms with Crippen molar-refractivity contribution in [1.29, 1.82) is 0 Å². The van der Waals surface area contributed by atoms with E-state index in [1.165, 1.54) is 5.56 Å². The third-order valence-electron chi connectivity index (χ3n) is 6.32. The summed E-state index contributed by atoms with van der Waals surface area (Å²) in [6, 6.07) is 14.7. The molecule has 5 heteroatoms. The number of aliphatic hydroxyl groups is 1. The quantitative estimate of drug-likeness (QED) is 0.668. The summed E-state index contributed by atoms with van der Waals surface area (Å²) in [7, 11) is 1.60. The number of ketones is 1. The van der Waals surface area contributed by atoms with Crippen molar-refractivity contribution < 1.29 is 19.4 Å². The minimum absolute atomic E-state index is 0.0513. The van der Waals surface area contributed by atoms with Crippen LogP contribution in [0.1, 0.15) is 69.2 Å². The highest BCUT2D eigenvalue weighted by Crippen LogP contribution is 2.27. The number of carbonyl (C=O) groups is 2. The molecule has 2 N–H and O–H groups in total. The van der Waals surface area contributed by atoms with Gasteiger partial charge in [0, 0.05) is 12.3 Å². The normalized spacial score (nSPS) is 19.8. The zero-order valence-corrected chi connectivity index (χ0v) is 19.6. The van der Waals surface area contributed by atoms with E-state index in [4.69, 9.17) is 4.74 Å². The van der Waals surface area contributed by atoms with Crippen molar-refractivity contribution in [3.63, 3.8) is 0 Å². The van der Waals surface area contributed by atoms with E-state index in [1.807, 2.05) is 24.3 Å². The second-order valence-corrected chi connectivity index (χ2v) is 9.81. The van der Waals surface area contributed by atoms with Crippen LogP contribution in [0.2, 0.25) is 0 Å². The molecule has 1 unspecified atom stereocenters. The van der Waals surface area contributed by atoms with Crippen LogP contribution in [-0.2, 0) is 21.4 Å². The fraction of sp³-hybridized carbons (Fsp3) is 0.481. The maximum absolute atomic E-state index is 13.3. The monoisotopic (exact) mass is 437 g/mol. The number of Topliss-reactive ketones (excluding diaryl/α,β-unsaturated/α-hetero) is 1. The predicted molar refractivity (Wildman–Crippen MR) is 126 cm³/mol. The van der Waals surface area contributed by atoms with Gasteiger partial charge in [-0.1, -0.05) is 57.2 Å². The van der Waals surface area contributed by atoms with Crippen molar-refractivity contribution in [2.75, 3.05) is 7.11 Å². The Morgan fingerprint density at radius 2 is 1.59 bits per heavy atom. The van der Waals surface area contributed by atoms with Crippen molar-refractivity contribution >= 4 is 11.7 Å². The van der Waals surface area contributed by atoms with Crippen LogP contribution in [0.3, 0.4) is 0 Å². The fourth-order valence-corrected chi connectivity index (χ4v) is 4.17. The number of hydrogen-bond donors (Lipinski definition) is 2. The van der Waals surface area contributed by atoms with Gasteiger partial charge in [-0.25, -0.2) is 0 Å². The average Bonchev–Trinajstić information content (AvgIpc) is 2.77. The minimum atomic E-state index is -0.720. The first kappa shape index (κ1) is 24.0. The topological polar surface area (TPSA) is 75.6 Å². The molecule has 3 rings (SSSR count). The van der Waals surface area contributed by atoms with Gasteiger partial charge in [-0.3, -0.25) is 9.59 Å². The molecule has 32 heavy (non-hydrogen) atoms. The van der Waals surface area contributed by atoms with E-state index in [0.29, 0.717) is 31.4 Å². The molecule has 1 saturated carbocycles. The largest absolute Gasteiger partial charge is 0.497 e. The lowest BCUT2D eigenvalue weighted by Gasteiger charge is -2.27. The van der Waals surface area contributed by atoms with Crippen LogP contribution in [0.25, 0.3) is 0 Å². The molecule has 0 saturated heterocycles. The van der Waals surface area contributed by atoms with Crippen LogP contribution >= 0.6 is 0 Å². The van der Waals surface area contributed by atoms with Crippen molar-refractivity contribution in [3.8, 4) is 5.75 Å². The molecule has 0 heterocycles. The molecule has 1 aliphatic rings. The smallest absolute Gasteiger partial charge is 0.223 e. The SMILES string of the molecule is COc1ccc(C(NC(=O)C2CCC(O)CC2)C(=O)Cc2ccc(C(C)(C)C)cc2)cc1. The van der Waals surface area contributed by atoms with Crippen LogP contribution in [0.15, 0.2) is 48.5 Å². The molecule has 2 aromatic rings. The van der Waals surface area contributed by atoms with Crippen molar-refractivity contribution in [1.82, 2.24) is 5.32 Å². The highest BCUT2D eigenvalue weighted by atomic mass is 16.5. The summed E-state index contributed by atoms with van der Waals surface area (Å²) in [5.41, 5.74) is 2.94. The van der Waals surface area contributed by atoms with Gasteiger partial charge in [0.1, 0.15) is 11.8 Å². The predicted octanol–water partition coefficient (Wildman–Crippen LogP) is 4.51. The molecule has 5 nitrogen and oxygen atoms in total. The van der Waals surface area contributed by atoms with Gasteiger partial charge in [0.2, 0.25) is 5.91 Å². The second kappa shape index (κ2) is 10.3. The zero-order valence-electron chi connectivity index (χ0n) is 19.6. The third-order valence-corrected chi connectivity index (χ3v) is 6.32. The number of ether oxygens (including phenoxy) is 1. The van der Waals surface area contributed by atoms with Crippen LogP contribution in [0.4, 0.5) is 0 Å². The first-order valence-corrected chi connectivity index (χ1v) is 11.4. The lowest BCUT2D eigenvalue weighted by Crippen LogP contribution is -2.40. The number of carbonyl (C=O) groups excluding carboxylic acids is 2. The first-order chi connectivity index (χ1) is 15.2. The summed E-state index contributed by atoms with van der Waals surface area (Å²) in [5, 5.41) is 12.7. The lowest BCUT2D eigenvalue weighted by atomic mass is 9.85. The number of nitrogens with one attached hydrogen (secondary N) is 1. The number of methoxy groups -OCH3 is 1. The Balaban J connectivity index is 1.77. The van der Waals surface area contributed by atoms with Crippen LogP contribution < -0.4 is 10.1 Å². The van der Waals surface area contributed by atoms with Crippen molar-refractivity contribution in [2.45, 2.75) is 70.4 Å². The Morgan fingerprint density at radius 1 is 1.00 bits per heavy atom. The minimum Gasteiger partial charge on any atom is -0.497 e. The molecule has 1 fully saturated rings. The summed E-state index contributed by atoms with van der Waals surface area (Å²) in [5.74, 6) is 0.361. The summed E-state index contributed by atoms with van der Waals surface area (Å²) in [4.78, 5) is 26.3. The standard InChI is InChI=1S/C27H35NO4/c1-27(2,3)21-11-5-18(6-12-21)17-24(30)25(19-9-15-23(32-4)16-10-19)28-26(31)20-7-13-22(29)14-8-20/h5-6,9-12,15-16,20,22,25,29H,7-8,13-14,17H2,1-4H3,(H,28,31). The molecule has 2 aromatic carbocycles. The van der Waals surface area contributed by atoms with Crippen molar-refractivity contribution in [3.05, 3.63) is 65.2 Å². The van der Waals surface area contributed by atoms with E-state index in [2.05, 4.69) is 38.2 Å². The lowest BCUT2D eigenvalue weighted by molar-refractivity contribution is -0.131. The average molecular weight is 438 g/mol. The number of benzene rings is 2. The molecule has 0 aromatic heterocycles. The van der Waals surface area contributed by atoms with Gasteiger partial charge in [0.15, 0.2) is 5.78 Å². The summed E-state index contributed by atoms with van der Waals surface area (Å²) in [6.45, 7) is 6.48. The van der Waals surface area contributed by atoms with E-state index in [-0.39, 0.29) is 35.5 Å². The molecule has 0 aliphatic heterocycles. The fourth-order valence-electron chi connectivity index (χ4n) is 4.17. The molecule has 1 amide bonds. The summed E-state index contributed by atoms with van der Waals surface area (Å²) in [6.07, 6.45) is 2.45. The first-order valence-electron chi connectivity index (χ1n) is 11.4. The molecule has 0 radical (unpaired) electrons. The van der Waals surface area contributed by atoms with Crippen LogP contribution in [0, 0.1) is 5.92 Å². The second-order valence-electron chi connectivity index (χ2n) is 9.81. The number of rotatable bonds is 7. The molecule has 0 bridgehead atoms. The van der Waals surface area contributed by atoms with E-state index in [0.717, 1.165) is 11.1 Å². The highest BCUT2D eigenvalue weighted by Gasteiger charge is 2.29. The van der Waals surface area contributed by atoms with Gasteiger partial charge in [-0.05, 0) is 59.9 Å². The Morgan fingerprint density at radius 3 is 2.12 bits per heavy atom. The van der Waals surface area contributed by atoms with Crippen molar-refractivity contribution in [2.24, 2.45) is 5.92 Å². The van der Waals surface area contributed by atoms with Gasteiger partial charge in [-0.2, -0.15) is 0 Å². The number of amides is 1. The van der Waals surface area contributed by atoms with E-state index in [1.54, 1.807) is 19.2 Å². The van der Waals surface area contributed by atoms with Gasteiger partial charge in [-0.15, -0.1) is 0 Å². The number of aliphatic hydroxyl groups excluding tert-OH is 1. The Hall–Kier alpha value is -2.66. The number of hydrogen-bond acceptors (Lipinski definition) is 4. The highest BCUT2D eigenvalue weighted by molar-refractivity contribution is 5.92. The molecular formula is C27H35NO4. The van der Waals surface area contributed by atoms with Crippen LogP contribution in [0.5, 0.6) is 5.75 Å². The summed E-state index contributed by atoms with van der Waals surface area (Å²) >= 11 is 0.